The Kier molecular flexibility index (Phi) is 2.76. The lowest BCUT2D eigenvalue weighted by atomic mass is 10.3. The second kappa shape index (κ2) is 4.32. The number of nitrogen functional groups attached to an aromatic ring is 1. The molecular weight excluding hydrogens is 280 g/mol. The molecule has 4 nitrogen and oxygen atoms in total. The van der Waals surface area contributed by atoms with Crippen LogP contribution in [0.25, 0.3) is 10.2 Å². The molecule has 1 heterocycles. The van der Waals surface area contributed by atoms with E-state index in [1.54, 1.807) is 18.2 Å². The first kappa shape index (κ1) is 12.1. The van der Waals surface area contributed by atoms with Crippen LogP contribution in [0.15, 0.2) is 57.8 Å². The number of anilines is 1. The minimum Gasteiger partial charge on any atom is -0.399 e. The van der Waals surface area contributed by atoms with E-state index in [1.165, 1.54) is 23.5 Å². The molecule has 0 atom stereocenters. The van der Waals surface area contributed by atoms with E-state index in [4.69, 9.17) is 5.73 Å². The fourth-order valence-electron chi connectivity index (χ4n) is 1.71. The van der Waals surface area contributed by atoms with Crippen LogP contribution in [0, 0.1) is 0 Å². The number of aromatic nitrogens is 1. The van der Waals surface area contributed by atoms with Gasteiger partial charge in [-0.3, -0.25) is 0 Å². The third-order valence-corrected chi connectivity index (χ3v) is 5.88. The molecule has 0 unspecified atom stereocenters. The van der Waals surface area contributed by atoms with Gasteiger partial charge in [-0.05, 0) is 36.4 Å². The smallest absolute Gasteiger partial charge is 0.233 e. The fraction of sp³-hybridized carbons (Fsp3) is 0. The Labute approximate surface area is 114 Å². The van der Waals surface area contributed by atoms with Crippen LogP contribution in [0.5, 0.6) is 0 Å². The first-order valence-electron chi connectivity index (χ1n) is 5.53. The number of nitrogens with zero attached hydrogens (tertiary/aromatic N) is 1. The van der Waals surface area contributed by atoms with Crippen LogP contribution in [0.3, 0.4) is 0 Å². The largest absolute Gasteiger partial charge is 0.399 e. The third kappa shape index (κ3) is 2.09. The summed E-state index contributed by atoms with van der Waals surface area (Å²) in [5.74, 6) is 0. The van der Waals surface area contributed by atoms with E-state index >= 15 is 0 Å². The van der Waals surface area contributed by atoms with Gasteiger partial charge in [-0.15, -0.1) is 11.3 Å². The zero-order valence-corrected chi connectivity index (χ0v) is 11.4. The predicted octanol–water partition coefficient (Wildman–Crippen LogP) is 2.71. The first-order chi connectivity index (χ1) is 9.07. The average molecular weight is 290 g/mol. The second-order valence-corrected chi connectivity index (χ2v) is 7.17. The van der Waals surface area contributed by atoms with Crippen LogP contribution in [0.4, 0.5) is 5.69 Å². The standard InChI is InChI=1S/C13H10N2O2S2/c14-9-5-7-10(8-6-9)19(16,17)13-15-11-3-1-2-4-12(11)18-13/h1-8H,14H2. The van der Waals surface area contributed by atoms with E-state index < -0.39 is 9.84 Å². The topological polar surface area (TPSA) is 73.1 Å². The Hall–Kier alpha value is -1.92. The highest BCUT2D eigenvalue weighted by molar-refractivity contribution is 7.93. The van der Waals surface area contributed by atoms with E-state index in [0.717, 1.165) is 4.70 Å². The molecule has 0 saturated heterocycles. The van der Waals surface area contributed by atoms with Crippen LogP contribution >= 0.6 is 11.3 Å². The van der Waals surface area contributed by atoms with Crippen LogP contribution in [-0.4, -0.2) is 13.4 Å². The monoisotopic (exact) mass is 290 g/mol. The van der Waals surface area contributed by atoms with Crippen molar-refractivity contribution in [3.05, 3.63) is 48.5 Å². The van der Waals surface area contributed by atoms with Gasteiger partial charge in [0, 0.05) is 5.69 Å². The molecule has 96 valence electrons. The molecule has 0 aliphatic rings. The van der Waals surface area contributed by atoms with Gasteiger partial charge in [-0.25, -0.2) is 13.4 Å². The number of para-hydroxylation sites is 1. The molecule has 0 aliphatic carbocycles. The third-order valence-electron chi connectivity index (χ3n) is 2.69. The average Bonchev–Trinajstić information content (AvgIpc) is 2.83. The molecule has 2 N–H and O–H groups in total. The van der Waals surface area contributed by atoms with Gasteiger partial charge in [0.2, 0.25) is 14.2 Å². The number of hydrogen-bond acceptors (Lipinski definition) is 5. The maximum absolute atomic E-state index is 12.4. The van der Waals surface area contributed by atoms with Crippen LogP contribution < -0.4 is 5.73 Å². The highest BCUT2D eigenvalue weighted by Crippen LogP contribution is 2.29. The van der Waals surface area contributed by atoms with Gasteiger partial charge < -0.3 is 5.73 Å². The summed E-state index contributed by atoms with van der Waals surface area (Å²) in [5, 5.41) is 0. The molecule has 0 aliphatic heterocycles. The van der Waals surface area contributed by atoms with E-state index in [9.17, 15) is 8.42 Å². The van der Waals surface area contributed by atoms with E-state index in [0.29, 0.717) is 11.2 Å². The van der Waals surface area contributed by atoms with Crippen molar-refractivity contribution >= 4 is 37.1 Å². The molecule has 1 aromatic heterocycles. The van der Waals surface area contributed by atoms with Crippen LogP contribution in [-0.2, 0) is 9.84 Å². The summed E-state index contributed by atoms with van der Waals surface area (Å²) in [6.45, 7) is 0. The summed E-state index contributed by atoms with van der Waals surface area (Å²) in [5.41, 5.74) is 6.79. The molecule has 3 aromatic rings. The maximum Gasteiger partial charge on any atom is 0.233 e. The zero-order valence-electron chi connectivity index (χ0n) is 9.78. The molecule has 6 heteroatoms. The van der Waals surface area contributed by atoms with Gasteiger partial charge in [-0.2, -0.15) is 0 Å². The summed E-state index contributed by atoms with van der Waals surface area (Å²) < 4.78 is 25.8. The number of benzene rings is 2. The molecule has 0 amide bonds. The summed E-state index contributed by atoms with van der Waals surface area (Å²) in [6, 6.07) is 13.5. The van der Waals surface area contributed by atoms with E-state index in [2.05, 4.69) is 4.98 Å². The summed E-state index contributed by atoms with van der Waals surface area (Å²) in [6.07, 6.45) is 0. The minimum atomic E-state index is -3.57. The Morgan fingerprint density at radius 2 is 1.68 bits per heavy atom. The summed E-state index contributed by atoms with van der Waals surface area (Å²) >= 11 is 1.17. The molecule has 0 spiro atoms. The molecule has 0 fully saturated rings. The van der Waals surface area contributed by atoms with Crippen molar-refractivity contribution in [2.45, 2.75) is 9.24 Å². The Bertz CT molecular complexity index is 803. The number of thiazole rings is 1. The highest BCUT2D eigenvalue weighted by atomic mass is 32.2. The summed E-state index contributed by atoms with van der Waals surface area (Å²) in [7, 11) is -3.57. The van der Waals surface area contributed by atoms with Crippen LogP contribution in [0.2, 0.25) is 0 Å². The molecule has 19 heavy (non-hydrogen) atoms. The Balaban J connectivity index is 2.16. The number of sulfone groups is 1. The summed E-state index contributed by atoms with van der Waals surface area (Å²) in [4.78, 5) is 4.39. The number of fused-ring (bicyclic) bond motifs is 1. The number of nitrogens with two attached hydrogens (primary N) is 1. The van der Waals surface area contributed by atoms with Crippen molar-refractivity contribution in [2.75, 3.05) is 5.73 Å². The molecule has 0 radical (unpaired) electrons. The van der Waals surface area contributed by atoms with Gasteiger partial charge in [-0.1, -0.05) is 12.1 Å². The first-order valence-corrected chi connectivity index (χ1v) is 7.83. The molecule has 0 saturated carbocycles. The Morgan fingerprint density at radius 1 is 1.00 bits per heavy atom. The van der Waals surface area contributed by atoms with Crippen molar-refractivity contribution in [2.24, 2.45) is 0 Å². The van der Waals surface area contributed by atoms with Gasteiger partial charge in [0.25, 0.3) is 0 Å². The molecule has 0 bridgehead atoms. The quantitative estimate of drug-likeness (QED) is 0.736. The fourth-order valence-corrected chi connectivity index (χ4v) is 4.32. The van der Waals surface area contributed by atoms with Crippen molar-refractivity contribution < 1.29 is 8.42 Å². The van der Waals surface area contributed by atoms with Crippen molar-refractivity contribution in [3.63, 3.8) is 0 Å². The van der Waals surface area contributed by atoms with E-state index in [-0.39, 0.29) is 9.24 Å². The lowest BCUT2D eigenvalue weighted by Gasteiger charge is -2.00. The van der Waals surface area contributed by atoms with Crippen molar-refractivity contribution in [3.8, 4) is 0 Å². The van der Waals surface area contributed by atoms with Gasteiger partial charge in [0.05, 0.1) is 15.1 Å². The minimum absolute atomic E-state index is 0.110. The SMILES string of the molecule is Nc1ccc(S(=O)(=O)c2nc3ccccc3s2)cc1. The highest BCUT2D eigenvalue weighted by Gasteiger charge is 2.21. The van der Waals surface area contributed by atoms with Gasteiger partial charge in [0.15, 0.2) is 0 Å². The van der Waals surface area contributed by atoms with Crippen molar-refractivity contribution in [1.29, 1.82) is 0 Å². The zero-order chi connectivity index (χ0) is 13.5. The lowest BCUT2D eigenvalue weighted by molar-refractivity contribution is 0.595. The second-order valence-electron chi connectivity index (χ2n) is 4.02. The predicted molar refractivity (Wildman–Crippen MR) is 75.9 cm³/mol. The molecule has 2 aromatic carbocycles. The molecular formula is C13H10N2O2S2. The number of rotatable bonds is 2. The lowest BCUT2D eigenvalue weighted by Crippen LogP contribution is -2.01. The van der Waals surface area contributed by atoms with Gasteiger partial charge >= 0.3 is 0 Å². The van der Waals surface area contributed by atoms with Crippen LogP contribution in [0.1, 0.15) is 0 Å². The van der Waals surface area contributed by atoms with Crippen molar-refractivity contribution in [1.82, 2.24) is 4.98 Å². The maximum atomic E-state index is 12.4. The molecule has 3 rings (SSSR count). The Morgan fingerprint density at radius 3 is 2.37 bits per heavy atom. The van der Waals surface area contributed by atoms with E-state index in [1.807, 2.05) is 18.2 Å². The number of hydrogen-bond donors (Lipinski definition) is 1. The van der Waals surface area contributed by atoms with Gasteiger partial charge in [0.1, 0.15) is 0 Å². The normalized spacial score (nSPS) is 11.8.